The second kappa shape index (κ2) is 5.94. The zero-order chi connectivity index (χ0) is 13.0. The van der Waals surface area contributed by atoms with E-state index in [1.807, 2.05) is 25.1 Å². The van der Waals surface area contributed by atoms with Crippen LogP contribution in [0.3, 0.4) is 0 Å². The second-order valence-electron chi connectivity index (χ2n) is 3.95. The summed E-state index contributed by atoms with van der Waals surface area (Å²) < 4.78 is 13.6. The molecule has 0 amide bonds. The van der Waals surface area contributed by atoms with Crippen molar-refractivity contribution in [3.05, 3.63) is 53.1 Å². The van der Waals surface area contributed by atoms with Crippen molar-refractivity contribution in [3.63, 3.8) is 0 Å². The van der Waals surface area contributed by atoms with Crippen molar-refractivity contribution in [2.75, 3.05) is 6.54 Å². The van der Waals surface area contributed by atoms with E-state index in [1.54, 1.807) is 12.3 Å². The van der Waals surface area contributed by atoms with Gasteiger partial charge in [-0.15, -0.1) is 0 Å². The fourth-order valence-corrected chi connectivity index (χ4v) is 2.05. The van der Waals surface area contributed by atoms with E-state index >= 15 is 0 Å². The lowest BCUT2D eigenvalue weighted by Gasteiger charge is -2.08. The van der Waals surface area contributed by atoms with E-state index in [4.69, 9.17) is 11.6 Å². The quantitative estimate of drug-likeness (QED) is 0.912. The van der Waals surface area contributed by atoms with Gasteiger partial charge in [0, 0.05) is 28.9 Å². The first-order valence-electron chi connectivity index (χ1n) is 5.81. The third-order valence-corrected chi connectivity index (χ3v) is 2.99. The van der Waals surface area contributed by atoms with Crippen molar-refractivity contribution in [2.24, 2.45) is 0 Å². The number of pyridine rings is 1. The minimum Gasteiger partial charge on any atom is -0.313 e. The maximum Gasteiger partial charge on any atom is 0.149 e. The number of nitrogens with one attached hydrogen (secondary N) is 1. The van der Waals surface area contributed by atoms with Gasteiger partial charge >= 0.3 is 0 Å². The van der Waals surface area contributed by atoms with E-state index in [9.17, 15) is 4.39 Å². The van der Waals surface area contributed by atoms with Crippen LogP contribution in [0.2, 0.25) is 5.02 Å². The summed E-state index contributed by atoms with van der Waals surface area (Å²) in [7, 11) is 0. The Balaban J connectivity index is 2.33. The lowest BCUT2D eigenvalue weighted by Crippen LogP contribution is -2.11. The molecule has 0 aliphatic carbocycles. The smallest absolute Gasteiger partial charge is 0.149 e. The highest BCUT2D eigenvalue weighted by atomic mass is 35.5. The minimum atomic E-state index is -0.362. The summed E-state index contributed by atoms with van der Waals surface area (Å²) in [4.78, 5) is 3.73. The number of benzene rings is 1. The van der Waals surface area contributed by atoms with Crippen LogP contribution in [0.25, 0.3) is 11.1 Å². The molecular formula is C14H14ClFN2. The molecule has 0 aliphatic rings. The van der Waals surface area contributed by atoms with Gasteiger partial charge in [0.2, 0.25) is 0 Å². The molecule has 1 heterocycles. The first kappa shape index (κ1) is 13.0. The Hall–Kier alpha value is -1.45. The van der Waals surface area contributed by atoms with Gasteiger partial charge in [-0.3, -0.25) is 4.98 Å². The zero-order valence-electron chi connectivity index (χ0n) is 10.1. The maximum atomic E-state index is 13.6. The standard InChI is InChI=1S/C14H14ClFN2/c1-2-17-8-10-3-4-11(13(15)7-10)12-5-6-18-9-14(12)16/h3-7,9,17H,2,8H2,1H3. The minimum absolute atomic E-state index is 0.362. The number of hydrogen-bond acceptors (Lipinski definition) is 2. The molecule has 2 aromatic rings. The molecule has 1 aromatic carbocycles. The molecule has 0 aliphatic heterocycles. The predicted octanol–water partition coefficient (Wildman–Crippen LogP) is 3.65. The summed E-state index contributed by atoms with van der Waals surface area (Å²) >= 11 is 6.20. The molecule has 0 saturated carbocycles. The highest BCUT2D eigenvalue weighted by molar-refractivity contribution is 6.33. The fraction of sp³-hybridized carbons (Fsp3) is 0.214. The van der Waals surface area contributed by atoms with E-state index in [2.05, 4.69) is 10.3 Å². The van der Waals surface area contributed by atoms with Crippen LogP contribution >= 0.6 is 11.6 Å². The largest absolute Gasteiger partial charge is 0.313 e. The molecular weight excluding hydrogens is 251 g/mol. The molecule has 0 atom stereocenters. The number of halogens is 2. The SMILES string of the molecule is CCNCc1ccc(-c2ccncc2F)c(Cl)c1. The second-order valence-corrected chi connectivity index (χ2v) is 4.36. The summed E-state index contributed by atoms with van der Waals surface area (Å²) in [5.41, 5.74) is 2.25. The zero-order valence-corrected chi connectivity index (χ0v) is 10.8. The number of aromatic nitrogens is 1. The normalized spacial score (nSPS) is 10.6. The van der Waals surface area contributed by atoms with Crippen LogP contribution in [-0.2, 0) is 6.54 Å². The molecule has 2 nitrogen and oxygen atoms in total. The molecule has 0 spiro atoms. The molecule has 1 N–H and O–H groups in total. The van der Waals surface area contributed by atoms with Gasteiger partial charge in [-0.25, -0.2) is 4.39 Å². The van der Waals surface area contributed by atoms with Crippen LogP contribution in [0.5, 0.6) is 0 Å². The molecule has 0 radical (unpaired) electrons. The molecule has 18 heavy (non-hydrogen) atoms. The van der Waals surface area contributed by atoms with Crippen LogP contribution in [-0.4, -0.2) is 11.5 Å². The van der Waals surface area contributed by atoms with E-state index in [-0.39, 0.29) is 5.82 Å². The van der Waals surface area contributed by atoms with Gasteiger partial charge in [0.05, 0.1) is 6.20 Å². The van der Waals surface area contributed by atoms with Gasteiger partial charge < -0.3 is 5.32 Å². The van der Waals surface area contributed by atoms with Gasteiger partial charge in [-0.2, -0.15) is 0 Å². The highest BCUT2D eigenvalue weighted by Gasteiger charge is 2.09. The van der Waals surface area contributed by atoms with Crippen molar-refractivity contribution >= 4 is 11.6 Å². The molecule has 0 saturated heterocycles. The van der Waals surface area contributed by atoms with Gasteiger partial charge in [0.1, 0.15) is 5.82 Å². The first-order valence-corrected chi connectivity index (χ1v) is 6.19. The Labute approximate surface area is 111 Å². The van der Waals surface area contributed by atoms with Crippen molar-refractivity contribution in [2.45, 2.75) is 13.5 Å². The Morgan fingerprint density at radius 1 is 1.28 bits per heavy atom. The molecule has 0 fully saturated rings. The average molecular weight is 265 g/mol. The Morgan fingerprint density at radius 3 is 2.78 bits per heavy atom. The van der Waals surface area contributed by atoms with Gasteiger partial charge in [0.25, 0.3) is 0 Å². The van der Waals surface area contributed by atoms with Crippen LogP contribution < -0.4 is 5.32 Å². The topological polar surface area (TPSA) is 24.9 Å². The van der Waals surface area contributed by atoms with E-state index in [0.29, 0.717) is 16.1 Å². The summed E-state index contributed by atoms with van der Waals surface area (Å²) in [6.45, 7) is 3.70. The molecule has 1 aromatic heterocycles. The monoisotopic (exact) mass is 264 g/mol. The van der Waals surface area contributed by atoms with E-state index < -0.39 is 0 Å². The first-order chi connectivity index (χ1) is 8.72. The molecule has 0 unspecified atom stereocenters. The third kappa shape index (κ3) is 2.86. The third-order valence-electron chi connectivity index (χ3n) is 2.68. The lowest BCUT2D eigenvalue weighted by molar-refractivity contribution is 0.625. The Morgan fingerprint density at radius 2 is 2.11 bits per heavy atom. The van der Waals surface area contributed by atoms with Crippen LogP contribution in [0.4, 0.5) is 4.39 Å². The van der Waals surface area contributed by atoms with Crippen molar-refractivity contribution in [3.8, 4) is 11.1 Å². The van der Waals surface area contributed by atoms with Crippen molar-refractivity contribution < 1.29 is 4.39 Å². The van der Waals surface area contributed by atoms with Crippen LogP contribution in [0, 0.1) is 5.82 Å². The highest BCUT2D eigenvalue weighted by Crippen LogP contribution is 2.30. The Kier molecular flexibility index (Phi) is 4.28. The number of hydrogen-bond donors (Lipinski definition) is 1. The summed E-state index contributed by atoms with van der Waals surface area (Å²) in [5.74, 6) is -0.362. The maximum absolute atomic E-state index is 13.6. The summed E-state index contributed by atoms with van der Waals surface area (Å²) in [6.07, 6.45) is 2.75. The summed E-state index contributed by atoms with van der Waals surface area (Å²) in [6, 6.07) is 7.27. The van der Waals surface area contributed by atoms with E-state index in [0.717, 1.165) is 18.7 Å². The Bertz CT molecular complexity index is 543. The van der Waals surface area contributed by atoms with Gasteiger partial charge in [0.15, 0.2) is 0 Å². The molecule has 94 valence electrons. The van der Waals surface area contributed by atoms with E-state index in [1.165, 1.54) is 6.20 Å². The van der Waals surface area contributed by atoms with Gasteiger partial charge in [-0.05, 0) is 24.2 Å². The molecule has 4 heteroatoms. The van der Waals surface area contributed by atoms with Crippen LogP contribution in [0.15, 0.2) is 36.7 Å². The molecule has 2 rings (SSSR count). The van der Waals surface area contributed by atoms with Gasteiger partial charge in [-0.1, -0.05) is 30.7 Å². The number of rotatable bonds is 4. The predicted molar refractivity (Wildman–Crippen MR) is 72.0 cm³/mol. The summed E-state index contributed by atoms with van der Waals surface area (Å²) in [5, 5.41) is 3.77. The van der Waals surface area contributed by atoms with Crippen molar-refractivity contribution in [1.82, 2.24) is 10.3 Å². The number of nitrogens with zero attached hydrogens (tertiary/aromatic N) is 1. The lowest BCUT2D eigenvalue weighted by atomic mass is 10.0. The average Bonchev–Trinajstić information content (AvgIpc) is 2.38. The van der Waals surface area contributed by atoms with Crippen LogP contribution in [0.1, 0.15) is 12.5 Å². The fourth-order valence-electron chi connectivity index (χ4n) is 1.75. The molecule has 0 bridgehead atoms. The van der Waals surface area contributed by atoms with Crippen molar-refractivity contribution in [1.29, 1.82) is 0 Å².